The number of carbonyl (C=O) groups is 1. The highest BCUT2D eigenvalue weighted by molar-refractivity contribution is 6.34. The van der Waals surface area contributed by atoms with Crippen LogP contribution in [0.15, 0.2) is 24.3 Å². The molecule has 1 amide bonds. The van der Waals surface area contributed by atoms with E-state index in [1.165, 1.54) is 16.0 Å². The van der Waals surface area contributed by atoms with Crippen molar-refractivity contribution in [3.63, 3.8) is 0 Å². The second kappa shape index (κ2) is 12.2. The largest absolute Gasteiger partial charge is 0.461 e. The molecule has 3 aromatic rings. The fourth-order valence-electron chi connectivity index (χ4n) is 9.34. The number of anilines is 1. The quantitative estimate of drug-likeness (QED) is 0.361. The average molecular weight is 677 g/mol. The van der Waals surface area contributed by atoms with Crippen LogP contribution in [0.3, 0.4) is 0 Å². The van der Waals surface area contributed by atoms with Crippen molar-refractivity contribution in [1.29, 1.82) is 0 Å². The molecule has 256 valence electrons. The van der Waals surface area contributed by atoms with Gasteiger partial charge in [-0.1, -0.05) is 42.8 Å². The van der Waals surface area contributed by atoms with E-state index in [0.29, 0.717) is 43.7 Å². The third kappa shape index (κ3) is 5.19. The van der Waals surface area contributed by atoms with Gasteiger partial charge in [0.15, 0.2) is 5.69 Å². The first-order valence-corrected chi connectivity index (χ1v) is 18.1. The minimum absolute atomic E-state index is 0.143. The first-order chi connectivity index (χ1) is 23.2. The van der Waals surface area contributed by atoms with E-state index in [-0.39, 0.29) is 22.7 Å². The van der Waals surface area contributed by atoms with Crippen LogP contribution < -0.4 is 9.64 Å². The minimum Gasteiger partial charge on any atom is -0.461 e. The number of nitrogens with zero attached hydrogens (tertiary/aromatic N) is 8. The van der Waals surface area contributed by atoms with Crippen LogP contribution in [0.25, 0.3) is 0 Å². The SMILES string of the molecule is CCN1Cc2c(nc(OC[C@@]34CCCN3C[C@H](F)C4)nc2N2CCCn3nc(C(=O)N(C)C)c(Cl)c3C2)C[C@]12CCCc1ccccc12. The fourth-order valence-corrected chi connectivity index (χ4v) is 9.62. The summed E-state index contributed by atoms with van der Waals surface area (Å²) in [5.74, 6) is 0.649. The Hall–Kier alpha value is -3.28. The topological polar surface area (TPSA) is 82.9 Å². The molecule has 8 rings (SSSR count). The maximum Gasteiger partial charge on any atom is 0.318 e. The number of fused-ring (bicyclic) bond motifs is 5. The third-order valence-corrected chi connectivity index (χ3v) is 12.1. The van der Waals surface area contributed by atoms with E-state index in [4.69, 9.17) is 26.3 Å². The number of rotatable bonds is 6. The van der Waals surface area contributed by atoms with Gasteiger partial charge in [-0.2, -0.15) is 15.1 Å². The van der Waals surface area contributed by atoms with Crippen molar-refractivity contribution in [3.05, 3.63) is 63.1 Å². The van der Waals surface area contributed by atoms with Crippen LogP contribution in [0.2, 0.25) is 5.02 Å². The standard InChI is InChI=1S/C36H46ClFN8O2/c1-4-44-21-26-28(19-36(44)14-7-11-24-10-5-6-12-27(24)36)39-34(48-23-35-13-8-16-45(35)20-25(38)18-35)40-32(26)43-15-9-17-46-29(22-43)30(37)31(41-46)33(47)42(2)3/h5-6,10,12,25H,4,7-9,11,13-23H2,1-3H3/t25-,35+,36+/m1/s1. The Labute approximate surface area is 287 Å². The first-order valence-electron chi connectivity index (χ1n) is 17.7. The molecule has 2 saturated heterocycles. The molecular formula is C36H46ClFN8O2. The van der Waals surface area contributed by atoms with E-state index in [1.807, 2.05) is 4.68 Å². The minimum atomic E-state index is -0.823. The van der Waals surface area contributed by atoms with Crippen LogP contribution >= 0.6 is 11.6 Å². The van der Waals surface area contributed by atoms with Crippen LogP contribution in [0.5, 0.6) is 6.01 Å². The second-order valence-corrected chi connectivity index (χ2v) is 15.0. The summed E-state index contributed by atoms with van der Waals surface area (Å²) < 4.78 is 23.1. The Bertz CT molecular complexity index is 1730. The third-order valence-electron chi connectivity index (χ3n) is 11.7. The summed E-state index contributed by atoms with van der Waals surface area (Å²) >= 11 is 6.90. The number of hydrogen-bond acceptors (Lipinski definition) is 8. The Morgan fingerprint density at radius 2 is 1.96 bits per heavy atom. The predicted octanol–water partition coefficient (Wildman–Crippen LogP) is 5.00. The van der Waals surface area contributed by atoms with E-state index < -0.39 is 6.17 Å². The maximum atomic E-state index is 14.6. The number of aromatic nitrogens is 4. The molecule has 12 heteroatoms. The van der Waals surface area contributed by atoms with E-state index in [2.05, 4.69) is 51.0 Å². The number of ether oxygens (including phenoxy) is 1. The normalized spacial score (nSPS) is 26.9. The van der Waals surface area contributed by atoms with Crippen LogP contribution in [-0.4, -0.2) is 98.9 Å². The van der Waals surface area contributed by atoms with Gasteiger partial charge in [0.1, 0.15) is 18.6 Å². The van der Waals surface area contributed by atoms with Crippen LogP contribution in [0.1, 0.15) is 84.0 Å². The molecule has 4 aliphatic heterocycles. The summed E-state index contributed by atoms with van der Waals surface area (Å²) in [6.45, 7) is 7.54. The summed E-state index contributed by atoms with van der Waals surface area (Å²) in [4.78, 5) is 32.0. The fraction of sp³-hybridized carbons (Fsp3) is 0.611. The van der Waals surface area contributed by atoms with Gasteiger partial charge in [-0.15, -0.1) is 0 Å². The number of carbonyl (C=O) groups excluding carboxylic acids is 1. The van der Waals surface area contributed by atoms with E-state index in [0.717, 1.165) is 93.9 Å². The smallest absolute Gasteiger partial charge is 0.318 e. The molecule has 10 nitrogen and oxygen atoms in total. The molecule has 0 radical (unpaired) electrons. The van der Waals surface area contributed by atoms with Gasteiger partial charge in [0, 0.05) is 58.7 Å². The highest BCUT2D eigenvalue weighted by Crippen LogP contribution is 2.48. The van der Waals surface area contributed by atoms with Crippen molar-refractivity contribution in [2.75, 3.05) is 51.8 Å². The van der Waals surface area contributed by atoms with E-state index in [9.17, 15) is 9.18 Å². The molecule has 1 spiro atoms. The Morgan fingerprint density at radius 3 is 2.79 bits per heavy atom. The summed E-state index contributed by atoms with van der Waals surface area (Å²) in [6.07, 6.45) is 6.56. The molecule has 1 aliphatic carbocycles. The molecule has 6 heterocycles. The van der Waals surface area contributed by atoms with Crippen molar-refractivity contribution in [2.24, 2.45) is 0 Å². The average Bonchev–Trinajstić information content (AvgIpc) is 3.65. The van der Waals surface area contributed by atoms with Crippen molar-refractivity contribution in [3.8, 4) is 6.01 Å². The Balaban J connectivity index is 1.20. The molecule has 3 atom stereocenters. The van der Waals surface area contributed by atoms with Gasteiger partial charge in [0.2, 0.25) is 0 Å². The number of amides is 1. The Morgan fingerprint density at radius 1 is 1.10 bits per heavy atom. The van der Waals surface area contributed by atoms with Gasteiger partial charge in [-0.3, -0.25) is 19.3 Å². The number of benzene rings is 1. The number of halogens is 2. The maximum absolute atomic E-state index is 14.6. The second-order valence-electron chi connectivity index (χ2n) is 14.7. The molecule has 0 N–H and O–H groups in total. The lowest BCUT2D eigenvalue weighted by Gasteiger charge is -2.50. The molecule has 5 aliphatic rings. The monoisotopic (exact) mass is 676 g/mol. The summed E-state index contributed by atoms with van der Waals surface area (Å²) in [6, 6.07) is 9.28. The zero-order valence-corrected chi connectivity index (χ0v) is 29.1. The lowest BCUT2D eigenvalue weighted by Crippen LogP contribution is -2.52. The molecule has 0 saturated carbocycles. The van der Waals surface area contributed by atoms with Gasteiger partial charge in [-0.25, -0.2) is 4.39 Å². The van der Waals surface area contributed by atoms with Gasteiger partial charge < -0.3 is 14.5 Å². The summed E-state index contributed by atoms with van der Waals surface area (Å²) in [7, 11) is 3.43. The van der Waals surface area contributed by atoms with Crippen LogP contribution in [-0.2, 0) is 38.0 Å². The lowest BCUT2D eigenvalue weighted by atomic mass is 9.70. The number of aryl methyl sites for hydroxylation is 2. The first kappa shape index (κ1) is 32.0. The van der Waals surface area contributed by atoms with Crippen LogP contribution in [0.4, 0.5) is 10.2 Å². The Kier molecular flexibility index (Phi) is 8.15. The predicted molar refractivity (Wildman–Crippen MR) is 182 cm³/mol. The van der Waals surface area contributed by atoms with E-state index >= 15 is 0 Å². The van der Waals surface area contributed by atoms with Gasteiger partial charge >= 0.3 is 6.01 Å². The zero-order valence-electron chi connectivity index (χ0n) is 28.4. The van der Waals surface area contributed by atoms with Gasteiger partial charge in [0.25, 0.3) is 5.91 Å². The highest BCUT2D eigenvalue weighted by Gasteiger charge is 2.50. The van der Waals surface area contributed by atoms with Crippen molar-refractivity contribution in [1.82, 2.24) is 34.4 Å². The summed E-state index contributed by atoms with van der Waals surface area (Å²) in [5.41, 5.74) is 5.65. The van der Waals surface area contributed by atoms with Crippen molar-refractivity contribution < 1.29 is 13.9 Å². The zero-order chi connectivity index (χ0) is 33.2. The highest BCUT2D eigenvalue weighted by atomic mass is 35.5. The van der Waals surface area contributed by atoms with Gasteiger partial charge in [-0.05, 0) is 62.7 Å². The van der Waals surface area contributed by atoms with Gasteiger partial charge in [0.05, 0.1) is 34.0 Å². The van der Waals surface area contributed by atoms with Crippen LogP contribution in [0, 0.1) is 0 Å². The molecule has 48 heavy (non-hydrogen) atoms. The number of hydrogen-bond donors (Lipinski definition) is 0. The number of likely N-dealkylation sites (N-methyl/N-ethyl adjacent to an activating group) is 1. The van der Waals surface area contributed by atoms with Crippen molar-refractivity contribution >= 4 is 23.3 Å². The van der Waals surface area contributed by atoms with Crippen molar-refractivity contribution in [2.45, 2.75) is 95.2 Å². The molecule has 2 aromatic heterocycles. The summed E-state index contributed by atoms with van der Waals surface area (Å²) in [5, 5.41) is 5.04. The van der Waals surface area contributed by atoms with E-state index in [1.54, 1.807) is 14.1 Å². The number of alkyl halides is 1. The molecule has 1 aromatic carbocycles. The molecular weight excluding hydrogens is 631 g/mol. The molecule has 0 unspecified atom stereocenters. The lowest BCUT2D eigenvalue weighted by molar-refractivity contribution is 0.0492. The molecule has 0 bridgehead atoms. The molecule has 2 fully saturated rings.